The van der Waals surface area contributed by atoms with Gasteiger partial charge in [-0.1, -0.05) is 17.7 Å². The maximum atomic E-state index is 12.9. The zero-order valence-corrected chi connectivity index (χ0v) is 22.9. The highest BCUT2D eigenvalue weighted by Gasteiger charge is 2.34. The Morgan fingerprint density at radius 2 is 1.97 bits per heavy atom. The van der Waals surface area contributed by atoms with Gasteiger partial charge in [0.25, 0.3) is 0 Å². The fourth-order valence-corrected chi connectivity index (χ4v) is 5.74. The average Bonchev–Trinajstić information content (AvgIpc) is 3.48. The van der Waals surface area contributed by atoms with Gasteiger partial charge >= 0.3 is 11.9 Å². The number of carbonyl (C=O) groups excluding carboxylic acids is 2. The van der Waals surface area contributed by atoms with Gasteiger partial charge in [-0.3, -0.25) is 9.48 Å². The molecule has 4 rings (SSSR count). The zero-order chi connectivity index (χ0) is 26.4. The minimum atomic E-state index is -1.27. The first-order chi connectivity index (χ1) is 17.0. The van der Waals surface area contributed by atoms with Gasteiger partial charge in [-0.2, -0.15) is 5.10 Å². The average molecular weight is 535 g/mol. The van der Waals surface area contributed by atoms with Gasteiger partial charge in [0, 0.05) is 29.5 Å². The van der Waals surface area contributed by atoms with Gasteiger partial charge in [-0.25, -0.2) is 13.7 Å². The highest BCUT2D eigenvalue weighted by Crippen LogP contribution is 2.44. The van der Waals surface area contributed by atoms with Crippen molar-refractivity contribution in [2.75, 3.05) is 14.2 Å². The standard InChI is InChI=1S/C25H31ClN4O5S/c1-13-19(23-17(11-12-30(23)28-13)29-36(33)25(2,3)4)20-16(26)9-7-14-15(8-10-18(31)34-5)22(24(32)35-6)27-21(14)20/h7,9,17,27,29H,8,10-12H2,1-6H3/t17-,36-/m1/s1. The number of aromatic amines is 1. The number of benzene rings is 1. The lowest BCUT2D eigenvalue weighted by atomic mass is 9.96. The van der Waals surface area contributed by atoms with Gasteiger partial charge in [-0.05, 0) is 52.2 Å². The third-order valence-electron chi connectivity index (χ3n) is 6.41. The number of hydrogen-bond donors (Lipinski definition) is 2. The van der Waals surface area contributed by atoms with Crippen molar-refractivity contribution < 1.29 is 23.3 Å². The Hall–Kier alpha value is -2.69. The van der Waals surface area contributed by atoms with Crippen LogP contribution in [0.4, 0.5) is 0 Å². The van der Waals surface area contributed by atoms with Crippen molar-refractivity contribution >= 4 is 45.4 Å². The first kappa shape index (κ1) is 26.4. The number of ether oxygens (including phenoxy) is 2. The molecule has 0 spiro atoms. The summed E-state index contributed by atoms with van der Waals surface area (Å²) in [6, 6.07) is 3.44. The van der Waals surface area contributed by atoms with E-state index in [9.17, 15) is 13.8 Å². The summed E-state index contributed by atoms with van der Waals surface area (Å²) in [6.45, 7) is 8.38. The van der Waals surface area contributed by atoms with Crippen LogP contribution in [0.2, 0.25) is 5.02 Å². The molecule has 1 aliphatic rings. The molecule has 2 aromatic heterocycles. The van der Waals surface area contributed by atoms with E-state index in [4.69, 9.17) is 26.2 Å². The Bertz CT molecular complexity index is 1370. The third-order valence-corrected chi connectivity index (χ3v) is 8.34. The number of halogens is 1. The molecule has 0 amide bonds. The Labute approximate surface area is 217 Å². The quantitative estimate of drug-likeness (QED) is 0.435. The molecule has 3 aromatic rings. The lowest BCUT2D eigenvalue weighted by Gasteiger charge is -2.22. The first-order valence-electron chi connectivity index (χ1n) is 11.7. The van der Waals surface area contributed by atoms with Crippen molar-refractivity contribution in [1.29, 1.82) is 0 Å². The van der Waals surface area contributed by atoms with Gasteiger partial charge < -0.3 is 14.5 Å². The Morgan fingerprint density at radius 3 is 2.61 bits per heavy atom. The van der Waals surface area contributed by atoms with Gasteiger partial charge in [0.15, 0.2) is 0 Å². The highest BCUT2D eigenvalue weighted by molar-refractivity contribution is 7.84. The van der Waals surface area contributed by atoms with Gasteiger partial charge in [-0.15, -0.1) is 0 Å². The third kappa shape index (κ3) is 4.69. The summed E-state index contributed by atoms with van der Waals surface area (Å²) < 4.78 is 27.5. The molecule has 36 heavy (non-hydrogen) atoms. The van der Waals surface area contributed by atoms with E-state index in [2.05, 4.69) is 9.71 Å². The van der Waals surface area contributed by atoms with Crippen LogP contribution < -0.4 is 4.72 Å². The molecular weight excluding hydrogens is 504 g/mol. The molecule has 194 valence electrons. The number of fused-ring (bicyclic) bond motifs is 2. The molecule has 0 fully saturated rings. The zero-order valence-electron chi connectivity index (χ0n) is 21.3. The van der Waals surface area contributed by atoms with E-state index in [0.29, 0.717) is 28.2 Å². The molecular formula is C25H31ClN4O5S. The van der Waals surface area contributed by atoms with Gasteiger partial charge in [0.05, 0.1) is 57.9 Å². The largest absolute Gasteiger partial charge is 0.469 e. The van der Waals surface area contributed by atoms with Crippen LogP contribution in [0.25, 0.3) is 22.0 Å². The molecule has 1 aromatic carbocycles. The molecule has 2 atom stereocenters. The number of aryl methyl sites for hydroxylation is 3. The Morgan fingerprint density at radius 1 is 1.25 bits per heavy atom. The van der Waals surface area contributed by atoms with E-state index < -0.39 is 21.7 Å². The van der Waals surface area contributed by atoms with E-state index >= 15 is 0 Å². The minimum absolute atomic E-state index is 0.109. The van der Waals surface area contributed by atoms with Crippen LogP contribution in [-0.2, 0) is 38.2 Å². The number of carbonyl (C=O) groups is 2. The van der Waals surface area contributed by atoms with Crippen molar-refractivity contribution in [2.24, 2.45) is 0 Å². The molecule has 0 radical (unpaired) electrons. The Balaban J connectivity index is 1.90. The van der Waals surface area contributed by atoms with Crippen LogP contribution in [0.15, 0.2) is 12.1 Å². The first-order valence-corrected chi connectivity index (χ1v) is 13.2. The molecule has 11 heteroatoms. The van der Waals surface area contributed by atoms with Crippen molar-refractivity contribution in [2.45, 2.75) is 64.3 Å². The summed E-state index contributed by atoms with van der Waals surface area (Å²) in [7, 11) is 1.37. The number of H-pyrrole nitrogens is 1. The summed E-state index contributed by atoms with van der Waals surface area (Å²) >= 11 is 6.79. The van der Waals surface area contributed by atoms with Crippen LogP contribution in [0.1, 0.15) is 67.1 Å². The number of nitrogens with one attached hydrogen (secondary N) is 2. The maximum absolute atomic E-state index is 12.9. The predicted molar refractivity (Wildman–Crippen MR) is 139 cm³/mol. The van der Waals surface area contributed by atoms with Crippen LogP contribution in [0, 0.1) is 6.92 Å². The Kier molecular flexibility index (Phi) is 7.32. The topological polar surface area (TPSA) is 115 Å². The number of methoxy groups -OCH3 is 2. The van der Waals surface area contributed by atoms with Crippen molar-refractivity contribution in [3.05, 3.63) is 39.8 Å². The molecule has 1 aliphatic heterocycles. The summed E-state index contributed by atoms with van der Waals surface area (Å²) in [5, 5.41) is 5.99. The smallest absolute Gasteiger partial charge is 0.354 e. The molecule has 0 saturated carbocycles. The molecule has 2 N–H and O–H groups in total. The monoisotopic (exact) mass is 534 g/mol. The SMILES string of the molecule is COC(=O)CCc1c(C(=O)OC)[nH]c2c(-c3c(C)nn4c3[C@H](N[S@](=O)C(C)(C)C)CC4)c(Cl)ccc12. The lowest BCUT2D eigenvalue weighted by molar-refractivity contribution is -0.140. The van der Waals surface area contributed by atoms with E-state index in [0.717, 1.165) is 28.8 Å². The second-order valence-corrected chi connectivity index (χ2v) is 12.2. The second-order valence-electron chi connectivity index (χ2n) is 9.80. The summed E-state index contributed by atoms with van der Waals surface area (Å²) in [5.74, 6) is -0.911. The van der Waals surface area contributed by atoms with Gasteiger partial charge in [0.2, 0.25) is 0 Å². The molecule has 0 unspecified atom stereocenters. The summed E-state index contributed by atoms with van der Waals surface area (Å²) in [5.41, 5.74) is 4.81. The molecule has 0 saturated heterocycles. The van der Waals surface area contributed by atoms with Crippen LogP contribution in [0.3, 0.4) is 0 Å². The van der Waals surface area contributed by atoms with Crippen LogP contribution in [-0.4, -0.2) is 49.9 Å². The van der Waals surface area contributed by atoms with E-state index in [1.807, 2.05) is 38.4 Å². The molecule has 3 heterocycles. The lowest BCUT2D eigenvalue weighted by Crippen LogP contribution is -2.35. The van der Waals surface area contributed by atoms with E-state index in [1.54, 1.807) is 6.07 Å². The van der Waals surface area contributed by atoms with Crippen LogP contribution in [0.5, 0.6) is 0 Å². The fourth-order valence-electron chi connectivity index (χ4n) is 4.64. The number of hydrogen-bond acceptors (Lipinski definition) is 6. The minimum Gasteiger partial charge on any atom is -0.469 e. The maximum Gasteiger partial charge on any atom is 0.354 e. The fraction of sp³-hybridized carbons (Fsp3) is 0.480. The molecule has 9 nitrogen and oxygen atoms in total. The predicted octanol–water partition coefficient (Wildman–Crippen LogP) is 4.38. The van der Waals surface area contributed by atoms with Crippen molar-refractivity contribution in [3.63, 3.8) is 0 Å². The summed E-state index contributed by atoms with van der Waals surface area (Å²) in [4.78, 5) is 27.7. The number of aromatic nitrogens is 3. The van der Waals surface area contributed by atoms with Crippen LogP contribution >= 0.6 is 11.6 Å². The van der Waals surface area contributed by atoms with Gasteiger partial charge in [0.1, 0.15) is 5.69 Å². The normalized spacial score (nSPS) is 16.2. The highest BCUT2D eigenvalue weighted by atomic mass is 35.5. The van der Waals surface area contributed by atoms with Crippen molar-refractivity contribution in [1.82, 2.24) is 19.5 Å². The molecule has 0 bridgehead atoms. The number of esters is 2. The second kappa shape index (κ2) is 9.99. The van der Waals surface area contributed by atoms with E-state index in [1.165, 1.54) is 14.2 Å². The molecule has 0 aliphatic carbocycles. The van der Waals surface area contributed by atoms with E-state index in [-0.39, 0.29) is 30.5 Å². The van der Waals surface area contributed by atoms with Crippen molar-refractivity contribution in [3.8, 4) is 11.1 Å². The summed E-state index contributed by atoms with van der Waals surface area (Å²) in [6.07, 6.45) is 1.14. The number of rotatable bonds is 7. The number of nitrogens with zero attached hydrogens (tertiary/aromatic N) is 2.